The smallest absolute Gasteiger partial charge is 0.264 e. The summed E-state index contributed by atoms with van der Waals surface area (Å²) < 4.78 is 28.9. The molecule has 220 valence electrons. The molecule has 0 aliphatic heterocycles. The van der Waals surface area contributed by atoms with E-state index in [9.17, 15) is 18.0 Å². The van der Waals surface area contributed by atoms with Crippen LogP contribution in [0.3, 0.4) is 0 Å². The molecule has 3 aromatic rings. The molecule has 0 aliphatic rings. The minimum atomic E-state index is -4.13. The summed E-state index contributed by atoms with van der Waals surface area (Å²) in [4.78, 5) is 28.6. The lowest BCUT2D eigenvalue weighted by Crippen LogP contribution is -2.54. The van der Waals surface area contributed by atoms with Crippen LogP contribution in [-0.4, -0.2) is 43.3 Å². The third-order valence-corrected chi connectivity index (χ3v) is 8.99. The Kier molecular flexibility index (Phi) is 10.5. The van der Waals surface area contributed by atoms with Crippen molar-refractivity contribution in [3.63, 3.8) is 0 Å². The van der Waals surface area contributed by atoms with Crippen molar-refractivity contribution in [2.45, 2.75) is 70.5 Å². The number of halogens is 2. The van der Waals surface area contributed by atoms with Crippen molar-refractivity contribution in [1.82, 2.24) is 10.2 Å². The van der Waals surface area contributed by atoms with Crippen LogP contribution >= 0.6 is 23.2 Å². The highest BCUT2D eigenvalue weighted by Gasteiger charge is 2.33. The molecule has 2 amide bonds. The van der Waals surface area contributed by atoms with E-state index in [0.717, 1.165) is 9.87 Å². The first-order valence-electron chi connectivity index (χ1n) is 13.3. The zero-order valence-electron chi connectivity index (χ0n) is 24.2. The normalized spacial score (nSPS) is 12.6. The lowest BCUT2D eigenvalue weighted by Gasteiger charge is -2.33. The second-order valence-corrected chi connectivity index (χ2v) is 13.9. The molecule has 1 N–H and O–H groups in total. The first-order valence-corrected chi connectivity index (χ1v) is 15.5. The SMILES string of the molecule is CC(C)c1ccc(N(CC(=O)N(Cc2ccc(Cl)c(Cl)c2)C(C)C(=O)NC(C)(C)C)S(=O)(=O)c2ccccc2)cc1. The van der Waals surface area contributed by atoms with Gasteiger partial charge < -0.3 is 10.2 Å². The molecular formula is C31H37Cl2N3O4S. The Morgan fingerprint density at radius 1 is 0.878 bits per heavy atom. The van der Waals surface area contributed by atoms with Crippen LogP contribution in [0.1, 0.15) is 58.6 Å². The minimum Gasteiger partial charge on any atom is -0.350 e. The van der Waals surface area contributed by atoms with E-state index >= 15 is 0 Å². The predicted molar refractivity (Wildman–Crippen MR) is 166 cm³/mol. The molecule has 1 unspecified atom stereocenters. The van der Waals surface area contributed by atoms with E-state index in [1.165, 1.54) is 17.0 Å². The van der Waals surface area contributed by atoms with Crippen LogP contribution in [0.5, 0.6) is 0 Å². The van der Waals surface area contributed by atoms with Crippen LogP contribution in [0.2, 0.25) is 10.0 Å². The largest absolute Gasteiger partial charge is 0.350 e. The molecule has 1 atom stereocenters. The molecule has 0 aliphatic carbocycles. The lowest BCUT2D eigenvalue weighted by molar-refractivity contribution is -0.140. The van der Waals surface area contributed by atoms with E-state index in [2.05, 4.69) is 5.32 Å². The summed E-state index contributed by atoms with van der Waals surface area (Å²) in [7, 11) is -4.13. The number of rotatable bonds is 10. The lowest BCUT2D eigenvalue weighted by atomic mass is 10.0. The fourth-order valence-corrected chi connectivity index (χ4v) is 5.92. The molecule has 0 aromatic heterocycles. The first kappa shape index (κ1) is 32.4. The number of hydrogen-bond acceptors (Lipinski definition) is 4. The monoisotopic (exact) mass is 617 g/mol. The van der Waals surface area contributed by atoms with E-state index in [-0.39, 0.29) is 23.3 Å². The highest BCUT2D eigenvalue weighted by atomic mass is 35.5. The number of nitrogens with one attached hydrogen (secondary N) is 1. The Balaban J connectivity index is 2.05. The molecule has 7 nitrogen and oxygen atoms in total. The van der Waals surface area contributed by atoms with Gasteiger partial charge in [0.05, 0.1) is 20.6 Å². The van der Waals surface area contributed by atoms with Crippen LogP contribution < -0.4 is 9.62 Å². The van der Waals surface area contributed by atoms with Crippen LogP contribution in [0, 0.1) is 0 Å². The van der Waals surface area contributed by atoms with Crippen LogP contribution in [0.4, 0.5) is 5.69 Å². The summed E-state index contributed by atoms with van der Waals surface area (Å²) in [6.07, 6.45) is 0. The Hall–Kier alpha value is -3.07. The Bertz CT molecular complexity index is 1470. The molecule has 0 bridgehead atoms. The van der Waals surface area contributed by atoms with Gasteiger partial charge in [-0.2, -0.15) is 0 Å². The molecule has 3 aromatic carbocycles. The maximum atomic E-state index is 14.0. The molecule has 3 rings (SSSR count). The molecule has 10 heteroatoms. The van der Waals surface area contributed by atoms with Gasteiger partial charge in [0.1, 0.15) is 12.6 Å². The maximum absolute atomic E-state index is 14.0. The molecule has 0 fully saturated rings. The number of sulfonamides is 1. The van der Waals surface area contributed by atoms with Crippen molar-refractivity contribution in [3.05, 3.63) is 94.0 Å². The fourth-order valence-electron chi connectivity index (χ4n) is 4.17. The summed E-state index contributed by atoms with van der Waals surface area (Å²) in [5, 5.41) is 3.57. The van der Waals surface area contributed by atoms with E-state index in [0.29, 0.717) is 21.3 Å². The van der Waals surface area contributed by atoms with Crippen LogP contribution in [-0.2, 0) is 26.2 Å². The molecule has 0 saturated heterocycles. The van der Waals surface area contributed by atoms with Gasteiger partial charge in [0, 0.05) is 12.1 Å². The summed E-state index contributed by atoms with van der Waals surface area (Å²) in [6, 6.07) is 19.1. The number of hydrogen-bond donors (Lipinski definition) is 1. The Morgan fingerprint density at radius 3 is 2.02 bits per heavy atom. The molecule has 0 heterocycles. The van der Waals surface area contributed by atoms with Crippen molar-refractivity contribution >= 4 is 50.7 Å². The number of carbonyl (C=O) groups is 2. The summed E-state index contributed by atoms with van der Waals surface area (Å²) >= 11 is 12.3. The van der Waals surface area contributed by atoms with Crippen molar-refractivity contribution in [1.29, 1.82) is 0 Å². The number of amides is 2. The highest BCUT2D eigenvalue weighted by Crippen LogP contribution is 2.27. The average Bonchev–Trinajstić information content (AvgIpc) is 2.91. The molecule has 0 radical (unpaired) electrons. The zero-order chi connectivity index (χ0) is 30.5. The van der Waals surface area contributed by atoms with Gasteiger partial charge in [0.2, 0.25) is 11.8 Å². The molecule has 0 saturated carbocycles. The van der Waals surface area contributed by atoms with Crippen molar-refractivity contribution < 1.29 is 18.0 Å². The first-order chi connectivity index (χ1) is 19.1. The van der Waals surface area contributed by atoms with Gasteiger partial charge in [-0.3, -0.25) is 13.9 Å². The van der Waals surface area contributed by atoms with Gasteiger partial charge in [-0.15, -0.1) is 0 Å². The molecule has 41 heavy (non-hydrogen) atoms. The zero-order valence-corrected chi connectivity index (χ0v) is 26.5. The number of carbonyl (C=O) groups excluding carboxylic acids is 2. The second-order valence-electron chi connectivity index (χ2n) is 11.3. The quantitative estimate of drug-likeness (QED) is 0.276. The van der Waals surface area contributed by atoms with Crippen LogP contribution in [0.15, 0.2) is 77.7 Å². The van der Waals surface area contributed by atoms with Gasteiger partial charge in [-0.1, -0.05) is 73.4 Å². The van der Waals surface area contributed by atoms with Crippen LogP contribution in [0.25, 0.3) is 0 Å². The Morgan fingerprint density at radius 2 is 1.49 bits per heavy atom. The van der Waals surface area contributed by atoms with Gasteiger partial charge in [0.15, 0.2) is 0 Å². The van der Waals surface area contributed by atoms with E-state index in [1.807, 2.05) is 46.8 Å². The predicted octanol–water partition coefficient (Wildman–Crippen LogP) is 6.64. The minimum absolute atomic E-state index is 0.0139. The van der Waals surface area contributed by atoms with Crippen molar-refractivity contribution in [2.75, 3.05) is 10.8 Å². The molecule has 0 spiro atoms. The summed E-state index contributed by atoms with van der Waals surface area (Å²) in [5.74, 6) is -0.682. The topological polar surface area (TPSA) is 86.8 Å². The van der Waals surface area contributed by atoms with E-state index in [4.69, 9.17) is 23.2 Å². The van der Waals surface area contributed by atoms with E-state index in [1.54, 1.807) is 55.5 Å². The third-order valence-electron chi connectivity index (χ3n) is 6.46. The summed E-state index contributed by atoms with van der Waals surface area (Å²) in [6.45, 7) is 10.7. The Labute approximate surface area is 253 Å². The fraction of sp³-hybridized carbons (Fsp3) is 0.355. The number of anilines is 1. The maximum Gasteiger partial charge on any atom is 0.264 e. The average molecular weight is 619 g/mol. The van der Waals surface area contributed by atoms with Gasteiger partial charge in [-0.05, 0) is 81.1 Å². The third kappa shape index (κ3) is 8.47. The van der Waals surface area contributed by atoms with Gasteiger partial charge >= 0.3 is 0 Å². The van der Waals surface area contributed by atoms with Crippen molar-refractivity contribution in [3.8, 4) is 0 Å². The van der Waals surface area contributed by atoms with Gasteiger partial charge in [-0.25, -0.2) is 8.42 Å². The molecular weight excluding hydrogens is 581 g/mol. The van der Waals surface area contributed by atoms with E-state index < -0.39 is 34.1 Å². The highest BCUT2D eigenvalue weighted by molar-refractivity contribution is 7.92. The summed E-state index contributed by atoms with van der Waals surface area (Å²) in [5.41, 5.74) is 1.48. The number of nitrogens with zero attached hydrogens (tertiary/aromatic N) is 2. The second kappa shape index (κ2) is 13.3. The van der Waals surface area contributed by atoms with Gasteiger partial charge in [0.25, 0.3) is 10.0 Å². The number of benzene rings is 3. The van der Waals surface area contributed by atoms with Crippen molar-refractivity contribution in [2.24, 2.45) is 0 Å². The standard InChI is InChI=1S/C31H37Cl2N3O4S/c1-21(2)24-13-15-25(16-14-24)36(41(39,40)26-10-8-7-9-11-26)20-29(37)35(22(3)30(38)34-31(4,5)6)19-23-12-17-27(32)28(33)18-23/h7-18,21-22H,19-20H2,1-6H3,(H,34,38).